The number of hydrogen-bond acceptors (Lipinski definition) is 4. The molecule has 33 heavy (non-hydrogen) atoms. The fourth-order valence-electron chi connectivity index (χ4n) is 3.31. The quantitative estimate of drug-likeness (QED) is 0.365. The molecule has 0 radical (unpaired) electrons. The lowest BCUT2D eigenvalue weighted by Crippen LogP contribution is -2.14. The predicted octanol–water partition coefficient (Wildman–Crippen LogP) is 6.23. The molecule has 2 heterocycles. The van der Waals surface area contributed by atoms with Crippen LogP contribution in [0.1, 0.15) is 45.1 Å². The second-order valence-corrected chi connectivity index (χ2v) is 8.18. The molecule has 1 amide bonds. The van der Waals surface area contributed by atoms with E-state index in [9.17, 15) is 18.0 Å². The van der Waals surface area contributed by atoms with Gasteiger partial charge in [-0.15, -0.1) is 0 Å². The summed E-state index contributed by atoms with van der Waals surface area (Å²) in [5.74, 6) is 5.59. The highest BCUT2D eigenvalue weighted by molar-refractivity contribution is 7.12. The monoisotopic (exact) mass is 465 g/mol. The third-order valence-corrected chi connectivity index (χ3v) is 5.83. The first-order valence-corrected chi connectivity index (χ1v) is 10.9. The Hall–Kier alpha value is -3.70. The molecule has 4 rings (SSSR count). The van der Waals surface area contributed by atoms with Gasteiger partial charge in [0.2, 0.25) is 0 Å². The van der Waals surface area contributed by atoms with Crippen molar-refractivity contribution in [3.63, 3.8) is 0 Å². The van der Waals surface area contributed by atoms with Gasteiger partial charge in [0, 0.05) is 34.0 Å². The van der Waals surface area contributed by atoms with E-state index in [1.807, 2.05) is 13.0 Å². The number of benzene rings is 2. The minimum atomic E-state index is -4.49. The van der Waals surface area contributed by atoms with E-state index in [4.69, 9.17) is 0 Å². The standard InChI is InChI=1S/C25H18F3N3OS/c1-3-17-8-9-21(12-22(17)25(26,27)28)31-23(32)19-6-4-15(2)18(11-19)7-5-16-10-20-14-30-33-24(20)29-13-16/h4,6,8-14H,3H2,1-2H3,(H,31,32). The summed E-state index contributed by atoms with van der Waals surface area (Å²) in [6.07, 6.45) is -0.854. The molecule has 1 N–H and O–H groups in total. The predicted molar refractivity (Wildman–Crippen MR) is 123 cm³/mol. The van der Waals surface area contributed by atoms with Gasteiger partial charge >= 0.3 is 6.18 Å². The molecule has 8 heteroatoms. The zero-order chi connectivity index (χ0) is 23.6. The summed E-state index contributed by atoms with van der Waals surface area (Å²) in [6.45, 7) is 3.53. The Morgan fingerprint density at radius 3 is 2.67 bits per heavy atom. The van der Waals surface area contributed by atoms with Crippen molar-refractivity contribution >= 4 is 33.3 Å². The number of fused-ring (bicyclic) bond motifs is 1. The van der Waals surface area contributed by atoms with Crippen LogP contribution >= 0.6 is 11.5 Å². The van der Waals surface area contributed by atoms with Gasteiger partial charge in [0.05, 0.1) is 11.8 Å². The summed E-state index contributed by atoms with van der Waals surface area (Å²) in [5.41, 5.74) is 2.05. The van der Waals surface area contributed by atoms with Crippen molar-refractivity contribution in [1.29, 1.82) is 0 Å². The van der Waals surface area contributed by atoms with E-state index in [1.54, 1.807) is 37.5 Å². The number of carbonyl (C=O) groups excluding carboxylic acids is 1. The number of alkyl halides is 3. The molecule has 2 aromatic carbocycles. The van der Waals surface area contributed by atoms with Gasteiger partial charge in [-0.1, -0.05) is 30.9 Å². The first kappa shape index (κ1) is 22.5. The lowest BCUT2D eigenvalue weighted by atomic mass is 10.0. The van der Waals surface area contributed by atoms with Crippen LogP contribution in [0.2, 0.25) is 0 Å². The van der Waals surface area contributed by atoms with E-state index in [0.717, 1.165) is 21.8 Å². The molecule has 166 valence electrons. The lowest BCUT2D eigenvalue weighted by molar-refractivity contribution is -0.138. The molecule has 0 aliphatic carbocycles. The number of aryl methyl sites for hydroxylation is 2. The molecule has 0 fully saturated rings. The van der Waals surface area contributed by atoms with Crippen LogP contribution in [0.4, 0.5) is 18.9 Å². The summed E-state index contributed by atoms with van der Waals surface area (Å²) in [6, 6.07) is 10.7. The Labute approximate surface area is 192 Å². The normalized spacial score (nSPS) is 11.2. The fourth-order valence-corrected chi connectivity index (χ4v) is 3.89. The van der Waals surface area contributed by atoms with Crippen molar-refractivity contribution in [2.24, 2.45) is 0 Å². The number of nitrogens with zero attached hydrogens (tertiary/aromatic N) is 2. The van der Waals surface area contributed by atoms with Crippen LogP contribution in [0.5, 0.6) is 0 Å². The van der Waals surface area contributed by atoms with Crippen molar-refractivity contribution in [2.75, 3.05) is 5.32 Å². The molecule has 0 saturated carbocycles. The SMILES string of the molecule is CCc1ccc(NC(=O)c2ccc(C)c(C#Cc3cnc4sncc4c3)c2)cc1C(F)(F)F. The van der Waals surface area contributed by atoms with Gasteiger partial charge in [0.15, 0.2) is 0 Å². The highest BCUT2D eigenvalue weighted by atomic mass is 32.1. The first-order valence-electron chi connectivity index (χ1n) is 10.1. The summed E-state index contributed by atoms with van der Waals surface area (Å²) in [5, 5.41) is 3.46. The topological polar surface area (TPSA) is 54.9 Å². The van der Waals surface area contributed by atoms with Crippen molar-refractivity contribution in [3.8, 4) is 11.8 Å². The Bertz CT molecular complexity index is 1410. The van der Waals surface area contributed by atoms with Crippen LogP contribution in [0.25, 0.3) is 10.2 Å². The molecule has 4 aromatic rings. The molecule has 0 unspecified atom stereocenters. The smallest absolute Gasteiger partial charge is 0.322 e. The molecular formula is C25H18F3N3OS. The number of aromatic nitrogens is 2. The van der Waals surface area contributed by atoms with Gasteiger partial charge < -0.3 is 5.32 Å². The molecular weight excluding hydrogens is 447 g/mol. The number of hydrogen-bond donors (Lipinski definition) is 1. The third kappa shape index (κ3) is 5.04. The summed E-state index contributed by atoms with van der Waals surface area (Å²) in [4.78, 5) is 17.9. The number of halogens is 3. The number of anilines is 1. The summed E-state index contributed by atoms with van der Waals surface area (Å²) in [7, 11) is 0. The summed E-state index contributed by atoms with van der Waals surface area (Å²) >= 11 is 1.31. The van der Waals surface area contributed by atoms with Crippen LogP contribution in [-0.2, 0) is 12.6 Å². The average molecular weight is 466 g/mol. The average Bonchev–Trinajstić information content (AvgIpc) is 3.26. The van der Waals surface area contributed by atoms with Crippen molar-refractivity contribution in [2.45, 2.75) is 26.4 Å². The molecule has 0 saturated heterocycles. The second kappa shape index (κ2) is 9.04. The maximum absolute atomic E-state index is 13.3. The zero-order valence-corrected chi connectivity index (χ0v) is 18.6. The zero-order valence-electron chi connectivity index (χ0n) is 17.7. The van der Waals surface area contributed by atoms with Crippen LogP contribution < -0.4 is 5.32 Å². The Kier molecular flexibility index (Phi) is 6.16. The molecule has 0 atom stereocenters. The number of rotatable bonds is 3. The maximum Gasteiger partial charge on any atom is 0.416 e. The van der Waals surface area contributed by atoms with E-state index < -0.39 is 17.6 Å². The highest BCUT2D eigenvalue weighted by Crippen LogP contribution is 2.34. The molecule has 0 aliphatic heterocycles. The van der Waals surface area contributed by atoms with Gasteiger partial charge in [-0.25, -0.2) is 4.98 Å². The Morgan fingerprint density at radius 1 is 1.09 bits per heavy atom. The second-order valence-electron chi connectivity index (χ2n) is 7.40. The minimum Gasteiger partial charge on any atom is -0.322 e. The van der Waals surface area contributed by atoms with Gasteiger partial charge in [-0.3, -0.25) is 4.79 Å². The number of amides is 1. The van der Waals surface area contributed by atoms with Gasteiger partial charge in [0.1, 0.15) is 4.83 Å². The van der Waals surface area contributed by atoms with Crippen LogP contribution in [0.3, 0.4) is 0 Å². The Morgan fingerprint density at radius 2 is 1.91 bits per heavy atom. The van der Waals surface area contributed by atoms with Crippen LogP contribution in [0.15, 0.2) is 54.9 Å². The minimum absolute atomic E-state index is 0.0847. The van der Waals surface area contributed by atoms with Gasteiger partial charge in [0.25, 0.3) is 5.91 Å². The van der Waals surface area contributed by atoms with Crippen molar-refractivity contribution in [3.05, 3.63) is 88.2 Å². The highest BCUT2D eigenvalue weighted by Gasteiger charge is 2.33. The summed E-state index contributed by atoms with van der Waals surface area (Å²) < 4.78 is 44.1. The van der Waals surface area contributed by atoms with Crippen molar-refractivity contribution in [1.82, 2.24) is 9.36 Å². The van der Waals surface area contributed by atoms with Gasteiger partial charge in [-0.05, 0) is 66.3 Å². The Balaban J connectivity index is 1.58. The molecule has 0 aliphatic rings. The molecule has 0 spiro atoms. The van der Waals surface area contributed by atoms with E-state index in [-0.39, 0.29) is 17.7 Å². The van der Waals surface area contributed by atoms with E-state index in [0.29, 0.717) is 16.7 Å². The fraction of sp³-hybridized carbons (Fsp3) is 0.160. The number of nitrogens with one attached hydrogen (secondary N) is 1. The third-order valence-electron chi connectivity index (χ3n) is 5.11. The molecule has 0 bridgehead atoms. The van der Waals surface area contributed by atoms with Gasteiger partial charge in [-0.2, -0.15) is 17.5 Å². The first-order chi connectivity index (χ1) is 15.7. The van der Waals surface area contributed by atoms with E-state index in [2.05, 4.69) is 26.5 Å². The number of pyridine rings is 1. The molecule has 2 aromatic heterocycles. The lowest BCUT2D eigenvalue weighted by Gasteiger charge is -2.14. The van der Waals surface area contributed by atoms with Crippen molar-refractivity contribution < 1.29 is 18.0 Å². The largest absolute Gasteiger partial charge is 0.416 e. The van der Waals surface area contributed by atoms with Crippen LogP contribution in [0, 0.1) is 18.8 Å². The van der Waals surface area contributed by atoms with E-state index in [1.165, 1.54) is 23.7 Å². The maximum atomic E-state index is 13.3. The van der Waals surface area contributed by atoms with Crippen LogP contribution in [-0.4, -0.2) is 15.3 Å². The number of carbonyl (C=O) groups is 1. The van der Waals surface area contributed by atoms with E-state index >= 15 is 0 Å². The molecule has 4 nitrogen and oxygen atoms in total.